The number of aromatic nitrogens is 1. The second-order valence-electron chi connectivity index (χ2n) is 3.79. The van der Waals surface area contributed by atoms with Gasteiger partial charge in [-0.3, -0.25) is 0 Å². The number of aromatic carboxylic acids is 1. The molecule has 0 aliphatic carbocycles. The molecule has 0 bridgehead atoms. The lowest BCUT2D eigenvalue weighted by Crippen LogP contribution is -2.38. The Balaban J connectivity index is 2.34. The number of nitrogens with zero attached hydrogens (tertiary/aromatic N) is 1. The number of thiazole rings is 1. The van der Waals surface area contributed by atoms with Gasteiger partial charge in [-0.05, 0) is 18.7 Å². The third kappa shape index (κ3) is 6.67. The Labute approximate surface area is 126 Å². The van der Waals surface area contributed by atoms with Crippen LogP contribution in [0, 0.1) is 0 Å². The number of thioether (sulfide) groups is 1. The molecule has 0 spiro atoms. The van der Waals surface area contributed by atoms with Gasteiger partial charge in [0.1, 0.15) is 5.01 Å². The average molecular weight is 343 g/mol. The van der Waals surface area contributed by atoms with E-state index < -0.39 is 23.6 Å². The molecule has 1 aromatic heterocycles. The summed E-state index contributed by atoms with van der Waals surface area (Å²) in [7, 11) is 0. The SMILES string of the molecule is CC(NC(=O)NCCSC(F)(F)F)c1nc(C(=O)O)cs1. The van der Waals surface area contributed by atoms with Crippen LogP contribution >= 0.6 is 23.1 Å². The lowest BCUT2D eigenvalue weighted by molar-refractivity contribution is -0.0327. The van der Waals surface area contributed by atoms with Crippen molar-refractivity contribution in [2.75, 3.05) is 12.3 Å². The molecule has 0 saturated carbocycles. The van der Waals surface area contributed by atoms with Crippen molar-refractivity contribution in [3.63, 3.8) is 0 Å². The molecule has 0 saturated heterocycles. The van der Waals surface area contributed by atoms with E-state index in [-0.39, 0.29) is 29.8 Å². The largest absolute Gasteiger partial charge is 0.476 e. The molecule has 1 heterocycles. The third-order valence-corrected chi connectivity index (χ3v) is 3.88. The van der Waals surface area contributed by atoms with Crippen LogP contribution in [-0.4, -0.2) is 39.9 Å². The van der Waals surface area contributed by atoms with E-state index in [4.69, 9.17) is 5.11 Å². The summed E-state index contributed by atoms with van der Waals surface area (Å²) in [6, 6.07) is -1.18. The summed E-state index contributed by atoms with van der Waals surface area (Å²) >= 11 is 0.852. The van der Waals surface area contributed by atoms with Crippen molar-refractivity contribution in [2.24, 2.45) is 0 Å². The molecule has 118 valence electrons. The van der Waals surface area contributed by atoms with Gasteiger partial charge in [-0.1, -0.05) is 0 Å². The number of carboxylic acids is 1. The Kier molecular flexibility index (Phi) is 6.27. The van der Waals surface area contributed by atoms with Gasteiger partial charge in [0.2, 0.25) is 0 Å². The number of urea groups is 1. The van der Waals surface area contributed by atoms with Crippen LogP contribution in [0.25, 0.3) is 0 Å². The van der Waals surface area contributed by atoms with Gasteiger partial charge in [-0.15, -0.1) is 11.3 Å². The maximum atomic E-state index is 11.9. The van der Waals surface area contributed by atoms with Gasteiger partial charge in [0.15, 0.2) is 5.69 Å². The predicted octanol–water partition coefficient (Wildman–Crippen LogP) is 2.45. The molecule has 0 fully saturated rings. The minimum absolute atomic E-state index is 0.120. The number of hydrogen-bond acceptors (Lipinski definition) is 5. The second-order valence-corrected chi connectivity index (χ2v) is 5.84. The van der Waals surface area contributed by atoms with E-state index in [0.29, 0.717) is 5.01 Å². The van der Waals surface area contributed by atoms with Gasteiger partial charge in [-0.25, -0.2) is 14.6 Å². The van der Waals surface area contributed by atoms with Crippen LogP contribution < -0.4 is 10.6 Å². The highest BCUT2D eigenvalue weighted by Gasteiger charge is 2.27. The van der Waals surface area contributed by atoms with Crippen LogP contribution in [0.3, 0.4) is 0 Å². The molecule has 1 aromatic rings. The van der Waals surface area contributed by atoms with Crippen molar-refractivity contribution in [3.05, 3.63) is 16.1 Å². The van der Waals surface area contributed by atoms with Crippen LogP contribution in [0.15, 0.2) is 5.38 Å². The van der Waals surface area contributed by atoms with E-state index in [1.165, 1.54) is 5.38 Å². The van der Waals surface area contributed by atoms with E-state index in [1.54, 1.807) is 6.92 Å². The zero-order valence-electron chi connectivity index (χ0n) is 10.7. The number of halogens is 3. The van der Waals surface area contributed by atoms with E-state index in [9.17, 15) is 22.8 Å². The summed E-state index contributed by atoms with van der Waals surface area (Å²) in [6.45, 7) is 1.45. The Morgan fingerprint density at radius 3 is 2.71 bits per heavy atom. The molecule has 1 rings (SSSR count). The standard InChI is InChI=1S/C10H12F3N3O3S2/c1-5(7-16-6(4-20-7)8(17)18)15-9(19)14-2-3-21-10(11,12)13/h4-5H,2-3H2,1H3,(H,17,18)(H2,14,15,19). The lowest BCUT2D eigenvalue weighted by Gasteiger charge is -2.12. The molecule has 3 N–H and O–H groups in total. The Bertz CT molecular complexity index is 507. The van der Waals surface area contributed by atoms with Crippen molar-refractivity contribution < 1.29 is 27.9 Å². The molecule has 11 heteroatoms. The molecule has 2 amide bonds. The number of carbonyl (C=O) groups is 2. The predicted molar refractivity (Wildman–Crippen MR) is 72.5 cm³/mol. The molecular weight excluding hydrogens is 331 g/mol. The third-order valence-electron chi connectivity index (χ3n) is 2.11. The van der Waals surface area contributed by atoms with E-state index in [1.807, 2.05) is 0 Å². The van der Waals surface area contributed by atoms with Crippen LogP contribution in [0.1, 0.15) is 28.5 Å². The van der Waals surface area contributed by atoms with Crippen LogP contribution in [0.5, 0.6) is 0 Å². The normalized spacial score (nSPS) is 12.8. The number of carboxylic acid groups (broad SMARTS) is 1. The smallest absolute Gasteiger partial charge is 0.441 e. The number of hydrogen-bond donors (Lipinski definition) is 3. The van der Waals surface area contributed by atoms with Gasteiger partial charge in [0, 0.05) is 17.7 Å². The van der Waals surface area contributed by atoms with Crippen molar-refractivity contribution in [1.29, 1.82) is 0 Å². The average Bonchev–Trinajstić information content (AvgIpc) is 2.83. The number of rotatable bonds is 6. The fourth-order valence-electron chi connectivity index (χ4n) is 1.23. The Morgan fingerprint density at radius 2 is 2.19 bits per heavy atom. The Morgan fingerprint density at radius 1 is 1.52 bits per heavy atom. The van der Waals surface area contributed by atoms with E-state index >= 15 is 0 Å². The summed E-state index contributed by atoms with van der Waals surface area (Å²) in [4.78, 5) is 25.9. The van der Waals surface area contributed by atoms with Crippen LogP contribution in [0.2, 0.25) is 0 Å². The van der Waals surface area contributed by atoms with E-state index in [2.05, 4.69) is 15.6 Å². The highest BCUT2D eigenvalue weighted by atomic mass is 32.2. The van der Waals surface area contributed by atoms with Crippen molar-refractivity contribution in [2.45, 2.75) is 18.5 Å². The quantitative estimate of drug-likeness (QED) is 0.690. The molecule has 21 heavy (non-hydrogen) atoms. The van der Waals surface area contributed by atoms with Gasteiger partial charge in [0.05, 0.1) is 6.04 Å². The topological polar surface area (TPSA) is 91.3 Å². The summed E-state index contributed by atoms with van der Waals surface area (Å²) in [5.74, 6) is -1.45. The second kappa shape index (κ2) is 7.50. The fraction of sp³-hybridized carbons (Fsp3) is 0.500. The monoisotopic (exact) mass is 343 g/mol. The molecule has 1 unspecified atom stereocenters. The minimum Gasteiger partial charge on any atom is -0.476 e. The van der Waals surface area contributed by atoms with Crippen molar-refractivity contribution >= 4 is 35.1 Å². The maximum absolute atomic E-state index is 11.9. The number of amides is 2. The van der Waals surface area contributed by atoms with Gasteiger partial charge in [0.25, 0.3) is 0 Å². The molecule has 0 aliphatic rings. The van der Waals surface area contributed by atoms with Gasteiger partial charge >= 0.3 is 17.5 Å². The number of nitrogens with one attached hydrogen (secondary N) is 2. The summed E-state index contributed by atoms with van der Waals surface area (Å²) in [5.41, 5.74) is -4.44. The molecule has 6 nitrogen and oxygen atoms in total. The van der Waals surface area contributed by atoms with Gasteiger partial charge < -0.3 is 15.7 Å². The lowest BCUT2D eigenvalue weighted by atomic mass is 10.3. The first kappa shape index (κ1) is 17.6. The van der Waals surface area contributed by atoms with E-state index in [0.717, 1.165) is 11.3 Å². The molecule has 0 aromatic carbocycles. The maximum Gasteiger partial charge on any atom is 0.441 e. The first-order valence-corrected chi connectivity index (χ1v) is 7.49. The highest BCUT2D eigenvalue weighted by molar-refractivity contribution is 8.00. The van der Waals surface area contributed by atoms with Crippen molar-refractivity contribution in [1.82, 2.24) is 15.6 Å². The fourth-order valence-corrected chi connectivity index (χ4v) is 2.46. The zero-order valence-corrected chi connectivity index (χ0v) is 12.4. The summed E-state index contributed by atoms with van der Waals surface area (Å²) in [5, 5.41) is 15.2. The molecule has 1 atom stereocenters. The number of carbonyl (C=O) groups excluding carboxylic acids is 1. The zero-order chi connectivity index (χ0) is 16.0. The Hall–Kier alpha value is -1.49. The molecule has 0 radical (unpaired) electrons. The summed E-state index contributed by atoms with van der Waals surface area (Å²) in [6.07, 6.45) is 0. The first-order valence-electron chi connectivity index (χ1n) is 5.63. The minimum atomic E-state index is -4.32. The number of alkyl halides is 3. The van der Waals surface area contributed by atoms with Crippen LogP contribution in [-0.2, 0) is 0 Å². The highest BCUT2D eigenvalue weighted by Crippen LogP contribution is 2.29. The first-order chi connectivity index (χ1) is 9.69. The van der Waals surface area contributed by atoms with Crippen LogP contribution in [0.4, 0.5) is 18.0 Å². The van der Waals surface area contributed by atoms with Gasteiger partial charge in [-0.2, -0.15) is 13.2 Å². The molecular formula is C10H12F3N3O3S2. The van der Waals surface area contributed by atoms with Crippen molar-refractivity contribution in [3.8, 4) is 0 Å². The summed E-state index contributed by atoms with van der Waals surface area (Å²) < 4.78 is 35.6. The molecule has 0 aliphatic heterocycles.